The molecule has 4 rings (SSSR count). The van der Waals surface area contributed by atoms with Crippen LogP contribution in [-0.2, 0) is 6.54 Å². The Kier molecular flexibility index (Phi) is 4.74. The number of aromatic nitrogens is 3. The SMILES string of the molecule is Cc1cc(=O)n(CCN2CCCC(c3nc4ccccc4s3)C2)c(=O)[nH]1. The van der Waals surface area contributed by atoms with Crippen LogP contribution >= 0.6 is 11.3 Å². The van der Waals surface area contributed by atoms with Crippen LogP contribution in [0.1, 0.15) is 29.5 Å². The highest BCUT2D eigenvalue weighted by Gasteiger charge is 2.24. The Hall–Kier alpha value is -2.25. The molecule has 1 unspecified atom stereocenters. The molecule has 0 spiro atoms. The zero-order valence-corrected chi connectivity index (χ0v) is 15.6. The van der Waals surface area contributed by atoms with Gasteiger partial charge < -0.3 is 9.88 Å². The minimum atomic E-state index is -0.324. The van der Waals surface area contributed by atoms with E-state index in [0.717, 1.165) is 31.4 Å². The molecule has 0 amide bonds. The van der Waals surface area contributed by atoms with Crippen molar-refractivity contribution in [2.24, 2.45) is 0 Å². The number of para-hydroxylation sites is 1. The molecule has 1 N–H and O–H groups in total. The van der Waals surface area contributed by atoms with E-state index >= 15 is 0 Å². The Labute approximate surface area is 155 Å². The van der Waals surface area contributed by atoms with Gasteiger partial charge >= 0.3 is 5.69 Å². The number of aromatic amines is 1. The molecule has 136 valence electrons. The molecule has 6 nitrogen and oxygen atoms in total. The van der Waals surface area contributed by atoms with Crippen molar-refractivity contribution in [3.05, 3.63) is 61.9 Å². The molecule has 0 radical (unpaired) electrons. The summed E-state index contributed by atoms with van der Waals surface area (Å²) < 4.78 is 2.52. The van der Waals surface area contributed by atoms with Crippen molar-refractivity contribution in [1.82, 2.24) is 19.4 Å². The summed E-state index contributed by atoms with van der Waals surface area (Å²) in [6.07, 6.45) is 2.25. The van der Waals surface area contributed by atoms with Crippen molar-refractivity contribution in [3.8, 4) is 0 Å². The van der Waals surface area contributed by atoms with Gasteiger partial charge in [-0.3, -0.25) is 9.36 Å². The second-order valence-electron chi connectivity index (χ2n) is 6.91. The lowest BCUT2D eigenvalue weighted by Gasteiger charge is -2.31. The smallest absolute Gasteiger partial charge is 0.311 e. The number of aryl methyl sites for hydroxylation is 1. The lowest BCUT2D eigenvalue weighted by molar-refractivity contribution is 0.199. The maximum Gasteiger partial charge on any atom is 0.328 e. The molecule has 1 fully saturated rings. The zero-order chi connectivity index (χ0) is 18.1. The Morgan fingerprint density at radius 2 is 2.12 bits per heavy atom. The van der Waals surface area contributed by atoms with Crippen LogP contribution in [0, 0.1) is 6.92 Å². The fourth-order valence-electron chi connectivity index (χ4n) is 3.61. The maximum atomic E-state index is 12.0. The van der Waals surface area contributed by atoms with Crippen LogP contribution in [0.4, 0.5) is 0 Å². The van der Waals surface area contributed by atoms with Gasteiger partial charge in [0.05, 0.1) is 15.2 Å². The first-order valence-corrected chi connectivity index (χ1v) is 9.80. The Bertz CT molecular complexity index is 971. The van der Waals surface area contributed by atoms with E-state index in [-0.39, 0.29) is 11.2 Å². The molecule has 2 aromatic heterocycles. The Morgan fingerprint density at radius 1 is 1.27 bits per heavy atom. The van der Waals surface area contributed by atoms with E-state index in [1.165, 1.54) is 20.3 Å². The highest BCUT2D eigenvalue weighted by molar-refractivity contribution is 7.18. The van der Waals surface area contributed by atoms with Crippen molar-refractivity contribution in [3.63, 3.8) is 0 Å². The molecule has 1 aliphatic rings. The highest BCUT2D eigenvalue weighted by atomic mass is 32.1. The van der Waals surface area contributed by atoms with E-state index in [1.54, 1.807) is 18.3 Å². The molecule has 3 heterocycles. The minimum Gasteiger partial charge on any atom is -0.311 e. The fourth-order valence-corrected chi connectivity index (χ4v) is 4.71. The number of H-pyrrole nitrogens is 1. The lowest BCUT2D eigenvalue weighted by Crippen LogP contribution is -2.41. The first kappa shape index (κ1) is 17.2. The molecule has 1 atom stereocenters. The van der Waals surface area contributed by atoms with Gasteiger partial charge in [0.25, 0.3) is 5.56 Å². The van der Waals surface area contributed by atoms with E-state index in [4.69, 9.17) is 4.98 Å². The van der Waals surface area contributed by atoms with Crippen molar-refractivity contribution >= 4 is 21.6 Å². The number of rotatable bonds is 4. The molecule has 3 aromatic rings. The number of piperidine rings is 1. The van der Waals surface area contributed by atoms with E-state index in [2.05, 4.69) is 22.0 Å². The topological polar surface area (TPSA) is 71.0 Å². The fraction of sp³-hybridized carbons (Fsp3) is 0.421. The Morgan fingerprint density at radius 3 is 2.92 bits per heavy atom. The third-order valence-electron chi connectivity index (χ3n) is 4.96. The first-order chi connectivity index (χ1) is 12.6. The third kappa shape index (κ3) is 3.50. The van der Waals surface area contributed by atoms with Crippen LogP contribution in [0.3, 0.4) is 0 Å². The number of fused-ring (bicyclic) bond motifs is 1. The quantitative estimate of drug-likeness (QED) is 0.765. The molecular formula is C19H22N4O2S. The summed E-state index contributed by atoms with van der Waals surface area (Å²) in [6.45, 7) is 4.77. The second kappa shape index (κ2) is 7.17. The standard InChI is InChI=1S/C19H22N4O2S/c1-13-11-17(24)23(19(25)20-13)10-9-22-8-4-5-14(12-22)18-21-15-6-2-3-7-16(15)26-18/h2-3,6-7,11,14H,4-5,8-10,12H2,1H3,(H,20,25). The highest BCUT2D eigenvalue weighted by Crippen LogP contribution is 2.32. The molecule has 1 saturated heterocycles. The van der Waals surface area contributed by atoms with Gasteiger partial charge in [0.2, 0.25) is 0 Å². The van der Waals surface area contributed by atoms with Crippen LogP contribution in [0.25, 0.3) is 10.2 Å². The number of benzene rings is 1. The number of nitrogens with zero attached hydrogens (tertiary/aromatic N) is 3. The number of likely N-dealkylation sites (tertiary alicyclic amines) is 1. The lowest BCUT2D eigenvalue weighted by atomic mass is 9.99. The van der Waals surface area contributed by atoms with E-state index < -0.39 is 0 Å². The van der Waals surface area contributed by atoms with Crippen LogP contribution in [0.15, 0.2) is 39.9 Å². The van der Waals surface area contributed by atoms with Gasteiger partial charge in [-0.25, -0.2) is 9.78 Å². The van der Waals surface area contributed by atoms with Crippen molar-refractivity contribution < 1.29 is 0 Å². The summed E-state index contributed by atoms with van der Waals surface area (Å²) in [5.41, 5.74) is 1.12. The third-order valence-corrected chi connectivity index (χ3v) is 6.16. The van der Waals surface area contributed by atoms with Crippen LogP contribution in [-0.4, -0.2) is 39.1 Å². The molecule has 1 aromatic carbocycles. The molecular weight excluding hydrogens is 348 g/mol. The van der Waals surface area contributed by atoms with Crippen LogP contribution in [0.2, 0.25) is 0 Å². The van der Waals surface area contributed by atoms with Gasteiger partial charge in [0.1, 0.15) is 0 Å². The number of hydrogen-bond donors (Lipinski definition) is 1. The van der Waals surface area contributed by atoms with Crippen molar-refractivity contribution in [2.75, 3.05) is 19.6 Å². The average molecular weight is 370 g/mol. The number of thiazole rings is 1. The van der Waals surface area contributed by atoms with Crippen molar-refractivity contribution in [1.29, 1.82) is 0 Å². The summed E-state index contributed by atoms with van der Waals surface area (Å²) in [7, 11) is 0. The summed E-state index contributed by atoms with van der Waals surface area (Å²) in [4.78, 5) is 33.9. The molecule has 26 heavy (non-hydrogen) atoms. The van der Waals surface area contributed by atoms with Crippen LogP contribution in [0.5, 0.6) is 0 Å². The summed E-state index contributed by atoms with van der Waals surface area (Å²) >= 11 is 1.78. The second-order valence-corrected chi connectivity index (χ2v) is 7.97. The molecule has 0 saturated carbocycles. The van der Waals surface area contributed by atoms with Gasteiger partial charge in [-0.15, -0.1) is 11.3 Å². The minimum absolute atomic E-state index is 0.231. The van der Waals surface area contributed by atoms with E-state index in [1.807, 2.05) is 12.1 Å². The summed E-state index contributed by atoms with van der Waals surface area (Å²) in [5, 5.41) is 1.20. The predicted octanol–water partition coefficient (Wildman–Crippen LogP) is 2.33. The summed E-state index contributed by atoms with van der Waals surface area (Å²) in [6, 6.07) is 9.73. The van der Waals surface area contributed by atoms with Crippen LogP contribution < -0.4 is 11.2 Å². The predicted molar refractivity (Wildman–Crippen MR) is 104 cm³/mol. The maximum absolute atomic E-state index is 12.0. The molecule has 0 aliphatic carbocycles. The number of hydrogen-bond acceptors (Lipinski definition) is 5. The summed E-state index contributed by atoms with van der Waals surface area (Å²) in [5.74, 6) is 0.425. The molecule has 1 aliphatic heterocycles. The monoisotopic (exact) mass is 370 g/mol. The van der Waals surface area contributed by atoms with Gasteiger partial charge in [0, 0.05) is 37.3 Å². The Balaban J connectivity index is 1.45. The van der Waals surface area contributed by atoms with Gasteiger partial charge in [-0.05, 0) is 38.4 Å². The van der Waals surface area contributed by atoms with Gasteiger partial charge in [-0.2, -0.15) is 0 Å². The first-order valence-electron chi connectivity index (χ1n) is 8.99. The zero-order valence-electron chi connectivity index (χ0n) is 14.8. The van der Waals surface area contributed by atoms with Crippen molar-refractivity contribution in [2.45, 2.75) is 32.2 Å². The number of nitrogens with one attached hydrogen (secondary N) is 1. The average Bonchev–Trinajstić information content (AvgIpc) is 3.05. The van der Waals surface area contributed by atoms with E-state index in [9.17, 15) is 9.59 Å². The largest absolute Gasteiger partial charge is 0.328 e. The normalized spacial score (nSPS) is 18.4. The van der Waals surface area contributed by atoms with E-state index in [0.29, 0.717) is 24.7 Å². The molecule has 7 heteroatoms. The van der Waals surface area contributed by atoms with Gasteiger partial charge in [0.15, 0.2) is 0 Å². The van der Waals surface area contributed by atoms with Gasteiger partial charge in [-0.1, -0.05) is 12.1 Å². The molecule has 0 bridgehead atoms.